The smallest absolute Gasteiger partial charge is 0.333 e. The van der Waals surface area contributed by atoms with Gasteiger partial charge in [-0.15, -0.1) is 0 Å². The van der Waals surface area contributed by atoms with Crippen LogP contribution in [0.25, 0.3) is 0 Å². The minimum Gasteiger partial charge on any atom is -0.466 e. The van der Waals surface area contributed by atoms with Crippen LogP contribution in [0.15, 0.2) is 35.5 Å². The second-order valence-electron chi connectivity index (χ2n) is 8.86. The van der Waals surface area contributed by atoms with Gasteiger partial charge in [0.05, 0.1) is 14.2 Å². The van der Waals surface area contributed by atoms with Gasteiger partial charge >= 0.3 is 23.9 Å². The number of carbonyl (C=O) groups excluding carboxylic acids is 4. The van der Waals surface area contributed by atoms with Gasteiger partial charge in [0, 0.05) is 24.0 Å². The molecule has 8 heteroatoms. The van der Waals surface area contributed by atoms with Crippen LogP contribution in [0.2, 0.25) is 0 Å². The fourth-order valence-corrected chi connectivity index (χ4v) is 5.61. The summed E-state index contributed by atoms with van der Waals surface area (Å²) in [4.78, 5) is 49.5. The number of cyclic esters (lactones) is 1. The Morgan fingerprint density at radius 3 is 2.50 bits per heavy atom. The molecule has 0 spiro atoms. The second-order valence-corrected chi connectivity index (χ2v) is 8.86. The van der Waals surface area contributed by atoms with Crippen molar-refractivity contribution >= 4 is 23.9 Å². The number of methoxy groups -OCH3 is 2. The van der Waals surface area contributed by atoms with Gasteiger partial charge in [-0.3, -0.25) is 9.59 Å². The zero-order chi connectivity index (χ0) is 23.7. The molecule has 0 unspecified atom stereocenters. The number of hydrogen-bond donors (Lipinski definition) is 0. The topological polar surface area (TPSA) is 105 Å². The van der Waals surface area contributed by atoms with E-state index in [0.717, 1.165) is 0 Å². The monoisotopic (exact) mass is 446 g/mol. The van der Waals surface area contributed by atoms with Gasteiger partial charge in [-0.2, -0.15) is 0 Å². The summed E-state index contributed by atoms with van der Waals surface area (Å²) in [5.41, 5.74) is -2.36. The maximum atomic E-state index is 13.5. The van der Waals surface area contributed by atoms with Gasteiger partial charge in [0.25, 0.3) is 0 Å². The molecule has 0 N–H and O–H groups in total. The van der Waals surface area contributed by atoms with E-state index in [4.69, 9.17) is 18.9 Å². The van der Waals surface area contributed by atoms with E-state index in [9.17, 15) is 19.2 Å². The Bertz CT molecular complexity index is 928. The van der Waals surface area contributed by atoms with Crippen molar-refractivity contribution in [3.63, 3.8) is 0 Å². The first-order valence-corrected chi connectivity index (χ1v) is 10.7. The van der Waals surface area contributed by atoms with Crippen LogP contribution in [0, 0.1) is 11.3 Å². The van der Waals surface area contributed by atoms with Gasteiger partial charge in [0.2, 0.25) is 0 Å². The van der Waals surface area contributed by atoms with Gasteiger partial charge in [-0.05, 0) is 52.0 Å². The summed E-state index contributed by atoms with van der Waals surface area (Å²) in [6, 6.07) is 0. The Labute approximate surface area is 187 Å². The van der Waals surface area contributed by atoms with Crippen LogP contribution >= 0.6 is 0 Å². The molecule has 0 aromatic rings. The molecule has 3 aliphatic rings. The second kappa shape index (κ2) is 8.56. The molecule has 32 heavy (non-hydrogen) atoms. The molecule has 2 aliphatic carbocycles. The van der Waals surface area contributed by atoms with Crippen molar-refractivity contribution in [2.24, 2.45) is 11.3 Å². The van der Waals surface area contributed by atoms with Crippen LogP contribution in [-0.2, 0) is 38.1 Å². The van der Waals surface area contributed by atoms with E-state index in [1.807, 2.05) is 0 Å². The number of carbonyl (C=O) groups is 4. The van der Waals surface area contributed by atoms with Crippen molar-refractivity contribution in [3.8, 4) is 0 Å². The Morgan fingerprint density at radius 2 is 1.88 bits per heavy atom. The lowest BCUT2D eigenvalue weighted by Crippen LogP contribution is -2.65. The maximum absolute atomic E-state index is 13.5. The van der Waals surface area contributed by atoms with Crippen LogP contribution in [0.5, 0.6) is 0 Å². The number of esters is 4. The quantitative estimate of drug-likeness (QED) is 0.275. The molecule has 2 fully saturated rings. The van der Waals surface area contributed by atoms with Gasteiger partial charge in [-0.1, -0.05) is 18.2 Å². The zero-order valence-corrected chi connectivity index (χ0v) is 19.2. The maximum Gasteiger partial charge on any atom is 0.333 e. The van der Waals surface area contributed by atoms with Crippen molar-refractivity contribution in [1.29, 1.82) is 0 Å². The molecule has 1 saturated carbocycles. The number of ether oxygens (including phenoxy) is 4. The van der Waals surface area contributed by atoms with Gasteiger partial charge in [0.15, 0.2) is 0 Å². The lowest BCUT2D eigenvalue weighted by molar-refractivity contribution is -0.235. The van der Waals surface area contributed by atoms with Crippen molar-refractivity contribution in [1.82, 2.24) is 0 Å². The summed E-state index contributed by atoms with van der Waals surface area (Å²) in [6.07, 6.45) is 8.66. The zero-order valence-electron chi connectivity index (χ0n) is 19.2. The van der Waals surface area contributed by atoms with E-state index < -0.39 is 40.5 Å². The van der Waals surface area contributed by atoms with Crippen molar-refractivity contribution in [2.45, 2.75) is 64.1 Å². The molecular weight excluding hydrogens is 416 g/mol. The minimum absolute atomic E-state index is 0.237. The van der Waals surface area contributed by atoms with E-state index in [1.54, 1.807) is 38.2 Å². The molecule has 0 aromatic carbocycles. The molecule has 1 aliphatic heterocycles. The lowest BCUT2D eigenvalue weighted by atomic mass is 9.62. The van der Waals surface area contributed by atoms with Crippen LogP contribution in [0.1, 0.15) is 52.9 Å². The van der Waals surface area contributed by atoms with Crippen LogP contribution in [-0.4, -0.2) is 49.3 Å². The third-order valence-electron chi connectivity index (χ3n) is 7.14. The SMILES string of the molecule is COC(=O)C1=CC[C@@]23CC[C@@H]([C@@](C)(/C=C/C=C(/C)C(=O)OC)OC2=O)[C@@]3(OC(C)=O)CC1. The highest BCUT2D eigenvalue weighted by Gasteiger charge is 2.74. The molecule has 0 radical (unpaired) electrons. The van der Waals surface area contributed by atoms with Crippen molar-refractivity contribution in [3.05, 3.63) is 35.5 Å². The average molecular weight is 446 g/mol. The predicted octanol–water partition coefficient (Wildman–Crippen LogP) is 2.96. The molecule has 2 bridgehead atoms. The third-order valence-corrected chi connectivity index (χ3v) is 7.14. The minimum atomic E-state index is -1.11. The molecule has 3 rings (SSSR count). The molecule has 4 atom stereocenters. The van der Waals surface area contributed by atoms with E-state index in [2.05, 4.69) is 0 Å². The summed E-state index contributed by atoms with van der Waals surface area (Å²) in [5.74, 6) is -2.15. The lowest BCUT2D eigenvalue weighted by Gasteiger charge is -2.54. The summed E-state index contributed by atoms with van der Waals surface area (Å²) in [5, 5.41) is 0. The Hall–Kier alpha value is -2.90. The molecule has 1 saturated heterocycles. The van der Waals surface area contributed by atoms with Gasteiger partial charge < -0.3 is 18.9 Å². The average Bonchev–Trinajstić information content (AvgIpc) is 2.89. The number of allylic oxidation sites excluding steroid dienone is 3. The summed E-state index contributed by atoms with van der Waals surface area (Å²) in [6.45, 7) is 4.74. The normalized spacial score (nSPS) is 34.2. The third kappa shape index (κ3) is 3.65. The number of hydrogen-bond acceptors (Lipinski definition) is 8. The Balaban J connectivity index is 2.04. The Kier molecular flexibility index (Phi) is 6.36. The van der Waals surface area contributed by atoms with E-state index >= 15 is 0 Å². The van der Waals surface area contributed by atoms with Crippen LogP contribution < -0.4 is 0 Å². The van der Waals surface area contributed by atoms with E-state index in [0.29, 0.717) is 36.8 Å². The molecular formula is C24H30O8. The molecule has 8 nitrogen and oxygen atoms in total. The van der Waals surface area contributed by atoms with Crippen molar-refractivity contribution in [2.75, 3.05) is 14.2 Å². The van der Waals surface area contributed by atoms with Gasteiger partial charge in [0.1, 0.15) is 16.6 Å². The fraction of sp³-hybridized carbons (Fsp3) is 0.583. The van der Waals surface area contributed by atoms with E-state index in [-0.39, 0.29) is 12.3 Å². The van der Waals surface area contributed by atoms with Crippen LogP contribution in [0.4, 0.5) is 0 Å². The highest BCUT2D eigenvalue weighted by atomic mass is 16.6. The molecule has 1 heterocycles. The molecule has 0 aromatic heterocycles. The Morgan fingerprint density at radius 1 is 1.16 bits per heavy atom. The fourth-order valence-electron chi connectivity index (χ4n) is 5.61. The molecule has 0 amide bonds. The highest BCUT2D eigenvalue weighted by molar-refractivity contribution is 5.90. The summed E-state index contributed by atoms with van der Waals surface area (Å²) < 4.78 is 21.5. The largest absolute Gasteiger partial charge is 0.466 e. The van der Waals surface area contributed by atoms with Gasteiger partial charge in [-0.25, -0.2) is 9.59 Å². The summed E-state index contributed by atoms with van der Waals surface area (Å²) >= 11 is 0. The molecule has 174 valence electrons. The number of rotatable bonds is 5. The first-order chi connectivity index (χ1) is 15.0. The van der Waals surface area contributed by atoms with Crippen LogP contribution in [0.3, 0.4) is 0 Å². The first kappa shape index (κ1) is 23.8. The first-order valence-electron chi connectivity index (χ1n) is 10.7. The van der Waals surface area contributed by atoms with Crippen molar-refractivity contribution < 1.29 is 38.1 Å². The standard InChI is InChI=1S/C24H30O8/c1-15(19(26)29-4)7-6-11-22(3)18-10-13-23(21(28)32-22)12-8-17(20(27)30-5)9-14-24(18,23)31-16(2)25/h6-8,11,18H,9-10,12-14H2,1-5H3/b11-6+,15-7-/t18-,22+,23+,24-/m0/s1. The predicted molar refractivity (Wildman–Crippen MR) is 113 cm³/mol. The highest BCUT2D eigenvalue weighted by Crippen LogP contribution is 2.65. The van der Waals surface area contributed by atoms with E-state index in [1.165, 1.54) is 21.1 Å². The summed E-state index contributed by atoms with van der Waals surface area (Å²) in [7, 11) is 2.62.